The lowest BCUT2D eigenvalue weighted by Gasteiger charge is -2.21. The molecule has 106 valence electrons. The molecule has 3 heteroatoms. The van der Waals surface area contributed by atoms with Gasteiger partial charge in [0.2, 0.25) is 0 Å². The average Bonchev–Trinajstić information content (AvgIpc) is 2.43. The molecule has 0 saturated heterocycles. The van der Waals surface area contributed by atoms with Crippen LogP contribution in [-0.4, -0.2) is 6.54 Å². The van der Waals surface area contributed by atoms with Crippen LogP contribution in [0, 0.1) is 12.7 Å². The molecule has 2 aromatic carbocycles. The summed E-state index contributed by atoms with van der Waals surface area (Å²) in [5.41, 5.74) is 3.30. The Labute approximate surface area is 128 Å². The van der Waals surface area contributed by atoms with Crippen molar-refractivity contribution < 1.29 is 4.39 Å². The van der Waals surface area contributed by atoms with E-state index >= 15 is 0 Å². The van der Waals surface area contributed by atoms with Gasteiger partial charge in [-0.2, -0.15) is 0 Å². The Bertz CT molecular complexity index is 583. The van der Waals surface area contributed by atoms with E-state index in [0.29, 0.717) is 0 Å². The molecule has 0 radical (unpaired) electrons. The van der Waals surface area contributed by atoms with E-state index in [0.717, 1.165) is 28.6 Å². The first-order chi connectivity index (χ1) is 9.61. The molecule has 0 bridgehead atoms. The Morgan fingerprint density at radius 2 is 2.00 bits per heavy atom. The van der Waals surface area contributed by atoms with Gasteiger partial charge in [0.25, 0.3) is 0 Å². The number of nitrogens with one attached hydrogen (secondary N) is 1. The van der Waals surface area contributed by atoms with Gasteiger partial charge in [0.15, 0.2) is 0 Å². The van der Waals surface area contributed by atoms with Crippen LogP contribution in [0.3, 0.4) is 0 Å². The van der Waals surface area contributed by atoms with Gasteiger partial charge < -0.3 is 5.32 Å². The highest BCUT2D eigenvalue weighted by Crippen LogP contribution is 2.29. The van der Waals surface area contributed by atoms with E-state index in [2.05, 4.69) is 53.3 Å². The van der Waals surface area contributed by atoms with Crippen LogP contribution in [0.15, 0.2) is 46.9 Å². The van der Waals surface area contributed by atoms with Crippen LogP contribution in [0.5, 0.6) is 0 Å². The predicted octanol–water partition coefficient (Wildman–Crippen LogP) is 4.99. The van der Waals surface area contributed by atoms with E-state index in [1.165, 1.54) is 11.6 Å². The fourth-order valence-corrected chi connectivity index (χ4v) is 2.76. The van der Waals surface area contributed by atoms with Crippen LogP contribution in [0.1, 0.15) is 36.1 Å². The van der Waals surface area contributed by atoms with Crippen molar-refractivity contribution >= 4 is 15.9 Å². The lowest BCUT2D eigenvalue weighted by atomic mass is 9.97. The number of aryl methyl sites for hydroxylation is 1. The molecule has 0 aliphatic carbocycles. The van der Waals surface area contributed by atoms with Gasteiger partial charge in [-0.15, -0.1) is 0 Å². The monoisotopic (exact) mass is 335 g/mol. The summed E-state index contributed by atoms with van der Waals surface area (Å²) >= 11 is 3.53. The van der Waals surface area contributed by atoms with Gasteiger partial charge in [0, 0.05) is 4.47 Å². The second-order valence-electron chi connectivity index (χ2n) is 4.97. The summed E-state index contributed by atoms with van der Waals surface area (Å²) in [7, 11) is 0. The van der Waals surface area contributed by atoms with Crippen molar-refractivity contribution in [3.63, 3.8) is 0 Å². The van der Waals surface area contributed by atoms with E-state index in [1.54, 1.807) is 12.1 Å². The zero-order chi connectivity index (χ0) is 14.5. The molecule has 1 unspecified atom stereocenters. The molecule has 0 spiro atoms. The highest BCUT2D eigenvalue weighted by Gasteiger charge is 2.17. The molecular formula is C17H19BrFN. The third-order valence-electron chi connectivity index (χ3n) is 3.24. The van der Waals surface area contributed by atoms with Gasteiger partial charge >= 0.3 is 0 Å². The highest BCUT2D eigenvalue weighted by molar-refractivity contribution is 9.10. The molecule has 0 aliphatic rings. The Morgan fingerprint density at radius 3 is 2.70 bits per heavy atom. The lowest BCUT2D eigenvalue weighted by molar-refractivity contribution is 0.583. The van der Waals surface area contributed by atoms with E-state index in [9.17, 15) is 4.39 Å². The van der Waals surface area contributed by atoms with Crippen LogP contribution in [-0.2, 0) is 0 Å². The van der Waals surface area contributed by atoms with Crippen molar-refractivity contribution in [2.24, 2.45) is 0 Å². The summed E-state index contributed by atoms with van der Waals surface area (Å²) in [5, 5.41) is 3.50. The minimum absolute atomic E-state index is 0.0000694. The van der Waals surface area contributed by atoms with Crippen LogP contribution in [0.2, 0.25) is 0 Å². The summed E-state index contributed by atoms with van der Waals surface area (Å²) in [6.45, 7) is 5.09. The molecule has 20 heavy (non-hydrogen) atoms. The van der Waals surface area contributed by atoms with Crippen LogP contribution < -0.4 is 5.32 Å². The molecule has 0 amide bonds. The molecule has 2 rings (SSSR count). The second-order valence-corrected chi connectivity index (χ2v) is 5.82. The topological polar surface area (TPSA) is 12.0 Å². The third-order valence-corrected chi connectivity index (χ3v) is 3.97. The van der Waals surface area contributed by atoms with Gasteiger partial charge in [0.05, 0.1) is 6.04 Å². The van der Waals surface area contributed by atoms with Gasteiger partial charge in [-0.25, -0.2) is 4.39 Å². The average molecular weight is 336 g/mol. The SMILES string of the molecule is CCCNC(c1cccc(C)c1)c1cc(F)ccc1Br. The van der Waals surface area contributed by atoms with Crippen molar-refractivity contribution in [2.75, 3.05) is 6.54 Å². The van der Waals surface area contributed by atoms with Gasteiger partial charge in [-0.3, -0.25) is 0 Å². The summed E-state index contributed by atoms with van der Waals surface area (Å²) in [6.07, 6.45) is 1.04. The third kappa shape index (κ3) is 3.68. The van der Waals surface area contributed by atoms with E-state index < -0.39 is 0 Å². The molecule has 2 aromatic rings. The molecule has 1 N–H and O–H groups in total. The normalized spacial score (nSPS) is 12.4. The zero-order valence-corrected chi connectivity index (χ0v) is 13.4. The predicted molar refractivity (Wildman–Crippen MR) is 85.4 cm³/mol. The summed E-state index contributed by atoms with van der Waals surface area (Å²) in [6, 6.07) is 13.2. The molecule has 1 nitrogen and oxygen atoms in total. The van der Waals surface area contributed by atoms with Crippen molar-refractivity contribution in [2.45, 2.75) is 26.3 Å². The first kappa shape index (κ1) is 15.2. The zero-order valence-electron chi connectivity index (χ0n) is 11.8. The van der Waals surface area contributed by atoms with Crippen LogP contribution in [0.25, 0.3) is 0 Å². The standard InChI is InChI=1S/C17H19BrFN/c1-3-9-20-17(13-6-4-5-12(2)10-13)15-11-14(19)7-8-16(15)18/h4-8,10-11,17,20H,3,9H2,1-2H3. The van der Waals surface area contributed by atoms with Gasteiger partial charge in [-0.1, -0.05) is 52.7 Å². The number of hydrogen-bond acceptors (Lipinski definition) is 1. The first-order valence-corrected chi connectivity index (χ1v) is 7.66. The molecule has 1 atom stereocenters. The fraction of sp³-hybridized carbons (Fsp3) is 0.294. The van der Waals surface area contributed by atoms with E-state index in [4.69, 9.17) is 0 Å². The van der Waals surface area contributed by atoms with Crippen LogP contribution in [0.4, 0.5) is 4.39 Å². The maximum absolute atomic E-state index is 13.6. The lowest BCUT2D eigenvalue weighted by Crippen LogP contribution is -2.23. The Morgan fingerprint density at radius 1 is 1.20 bits per heavy atom. The molecule has 0 heterocycles. The van der Waals surface area contributed by atoms with Crippen LogP contribution >= 0.6 is 15.9 Å². The first-order valence-electron chi connectivity index (χ1n) is 6.86. The maximum atomic E-state index is 13.6. The van der Waals surface area contributed by atoms with E-state index in [-0.39, 0.29) is 11.9 Å². The van der Waals surface area contributed by atoms with Gasteiger partial charge in [-0.05, 0) is 49.2 Å². The molecule has 0 fully saturated rings. The second kappa shape index (κ2) is 7.00. The Kier molecular flexibility index (Phi) is 5.32. The largest absolute Gasteiger partial charge is 0.306 e. The smallest absolute Gasteiger partial charge is 0.123 e. The van der Waals surface area contributed by atoms with Crippen molar-refractivity contribution in [1.82, 2.24) is 5.32 Å². The summed E-state index contributed by atoms with van der Waals surface area (Å²) in [4.78, 5) is 0. The molecule has 0 aromatic heterocycles. The highest BCUT2D eigenvalue weighted by atomic mass is 79.9. The minimum Gasteiger partial charge on any atom is -0.306 e. The number of halogens is 2. The summed E-state index contributed by atoms with van der Waals surface area (Å²) in [5.74, 6) is -0.209. The van der Waals surface area contributed by atoms with Crippen molar-refractivity contribution in [3.05, 3.63) is 69.4 Å². The molecule has 0 aliphatic heterocycles. The Hall–Kier alpha value is -1.19. The number of rotatable bonds is 5. The Balaban J connectivity index is 2.44. The van der Waals surface area contributed by atoms with E-state index in [1.807, 2.05) is 6.07 Å². The van der Waals surface area contributed by atoms with Crippen molar-refractivity contribution in [1.29, 1.82) is 0 Å². The fourth-order valence-electron chi connectivity index (χ4n) is 2.28. The van der Waals surface area contributed by atoms with Crippen molar-refractivity contribution in [3.8, 4) is 0 Å². The quantitative estimate of drug-likeness (QED) is 0.811. The molecular weight excluding hydrogens is 317 g/mol. The molecule has 0 saturated carbocycles. The number of hydrogen-bond donors (Lipinski definition) is 1. The maximum Gasteiger partial charge on any atom is 0.123 e. The number of benzene rings is 2. The van der Waals surface area contributed by atoms with Gasteiger partial charge in [0.1, 0.15) is 5.82 Å². The minimum atomic E-state index is -0.209. The summed E-state index contributed by atoms with van der Waals surface area (Å²) < 4.78 is 14.5.